The van der Waals surface area contributed by atoms with Crippen molar-refractivity contribution >= 4 is 17.4 Å². The summed E-state index contributed by atoms with van der Waals surface area (Å²) in [6.07, 6.45) is 1.13. The second kappa shape index (κ2) is 6.13. The van der Waals surface area contributed by atoms with E-state index in [1.54, 1.807) is 18.2 Å². The zero-order valence-electron chi connectivity index (χ0n) is 13.3. The topological polar surface area (TPSA) is 75.2 Å². The summed E-state index contributed by atoms with van der Waals surface area (Å²) in [4.78, 5) is 24.9. The van der Waals surface area contributed by atoms with Gasteiger partial charge in [0, 0.05) is 30.4 Å². The molecule has 2 atom stereocenters. The molecule has 24 heavy (non-hydrogen) atoms. The van der Waals surface area contributed by atoms with Crippen LogP contribution in [0.4, 0.5) is 16.2 Å². The minimum atomic E-state index is -0.406. The largest absolute Gasteiger partial charge is 0.323 e. The van der Waals surface area contributed by atoms with Crippen LogP contribution < -0.4 is 21.5 Å². The van der Waals surface area contributed by atoms with E-state index in [9.17, 15) is 9.59 Å². The first kappa shape index (κ1) is 15.0. The van der Waals surface area contributed by atoms with Crippen LogP contribution >= 0.6 is 0 Å². The molecular formula is C18H20N4O2. The van der Waals surface area contributed by atoms with Gasteiger partial charge >= 0.3 is 6.03 Å². The van der Waals surface area contributed by atoms with Crippen molar-refractivity contribution < 1.29 is 4.79 Å². The van der Waals surface area contributed by atoms with Gasteiger partial charge in [0.1, 0.15) is 5.69 Å². The molecule has 2 amide bonds. The molecule has 0 radical (unpaired) electrons. The Kier molecular flexibility index (Phi) is 3.82. The number of anilines is 2. The van der Waals surface area contributed by atoms with E-state index in [2.05, 4.69) is 16.0 Å². The Morgan fingerprint density at radius 3 is 2.75 bits per heavy atom. The van der Waals surface area contributed by atoms with Crippen LogP contribution in [0.2, 0.25) is 0 Å². The predicted molar refractivity (Wildman–Crippen MR) is 93.5 cm³/mol. The molecule has 2 aliphatic heterocycles. The summed E-state index contributed by atoms with van der Waals surface area (Å²) in [5.41, 5.74) is 1.96. The first-order valence-corrected chi connectivity index (χ1v) is 8.28. The summed E-state index contributed by atoms with van der Waals surface area (Å²) < 4.78 is 1.83. The molecule has 0 unspecified atom stereocenters. The van der Waals surface area contributed by atoms with Gasteiger partial charge in [0.05, 0.1) is 0 Å². The minimum Gasteiger partial charge on any atom is -0.316 e. The number of rotatable bonds is 2. The molecule has 124 valence electrons. The van der Waals surface area contributed by atoms with Crippen LogP contribution in [0.1, 0.15) is 18.0 Å². The monoisotopic (exact) mass is 324 g/mol. The van der Waals surface area contributed by atoms with Crippen molar-refractivity contribution in [2.75, 3.05) is 23.7 Å². The second-order valence-electron chi connectivity index (χ2n) is 6.49. The molecule has 2 aromatic rings. The van der Waals surface area contributed by atoms with Gasteiger partial charge in [-0.1, -0.05) is 18.2 Å². The highest BCUT2D eigenvalue weighted by molar-refractivity contribution is 5.99. The maximum Gasteiger partial charge on any atom is 0.323 e. The second-order valence-corrected chi connectivity index (χ2v) is 6.49. The van der Waals surface area contributed by atoms with Crippen LogP contribution in [0.3, 0.4) is 0 Å². The van der Waals surface area contributed by atoms with Crippen LogP contribution in [-0.4, -0.2) is 23.7 Å². The Balaban J connectivity index is 1.55. The molecule has 0 saturated carbocycles. The van der Waals surface area contributed by atoms with Gasteiger partial charge in [-0.15, -0.1) is 0 Å². The van der Waals surface area contributed by atoms with Crippen molar-refractivity contribution in [3.63, 3.8) is 0 Å². The first-order valence-electron chi connectivity index (χ1n) is 8.28. The lowest BCUT2D eigenvalue weighted by molar-refractivity contribution is 0.257. The molecule has 3 heterocycles. The van der Waals surface area contributed by atoms with E-state index in [4.69, 9.17) is 0 Å². The van der Waals surface area contributed by atoms with E-state index in [0.29, 0.717) is 29.8 Å². The number of carbonyl (C=O) groups is 1. The van der Waals surface area contributed by atoms with E-state index in [1.807, 2.05) is 28.8 Å². The molecule has 0 spiro atoms. The van der Waals surface area contributed by atoms with E-state index in [0.717, 1.165) is 25.2 Å². The molecule has 1 saturated heterocycles. The highest BCUT2D eigenvalue weighted by Gasteiger charge is 2.31. The van der Waals surface area contributed by atoms with Crippen LogP contribution in [-0.2, 0) is 6.54 Å². The molecular weight excluding hydrogens is 304 g/mol. The van der Waals surface area contributed by atoms with Crippen molar-refractivity contribution in [3.05, 3.63) is 58.5 Å². The fourth-order valence-electron chi connectivity index (χ4n) is 3.69. The number of pyridine rings is 1. The lowest BCUT2D eigenvalue weighted by Crippen LogP contribution is -2.45. The maximum atomic E-state index is 12.7. The van der Waals surface area contributed by atoms with Gasteiger partial charge in [-0.05, 0) is 43.1 Å². The van der Waals surface area contributed by atoms with Crippen LogP contribution in [0.5, 0.6) is 0 Å². The number of carbonyl (C=O) groups excluding carboxylic acids is 1. The van der Waals surface area contributed by atoms with Crippen molar-refractivity contribution in [1.29, 1.82) is 0 Å². The average molecular weight is 324 g/mol. The van der Waals surface area contributed by atoms with Crippen LogP contribution in [0.15, 0.2) is 47.3 Å². The predicted octanol–water partition coefficient (Wildman–Crippen LogP) is 2.20. The van der Waals surface area contributed by atoms with Crippen LogP contribution in [0, 0.1) is 5.92 Å². The van der Waals surface area contributed by atoms with Gasteiger partial charge in [-0.25, -0.2) is 4.79 Å². The quantitative estimate of drug-likeness (QED) is 0.793. The molecule has 3 N–H and O–H groups in total. The molecule has 6 heteroatoms. The summed E-state index contributed by atoms with van der Waals surface area (Å²) in [6, 6.07) is 12.4. The van der Waals surface area contributed by atoms with E-state index >= 15 is 0 Å². The van der Waals surface area contributed by atoms with Gasteiger partial charge in [-0.2, -0.15) is 0 Å². The minimum absolute atomic E-state index is 0.118. The zero-order chi connectivity index (χ0) is 16.5. The van der Waals surface area contributed by atoms with Crippen LogP contribution in [0.25, 0.3) is 0 Å². The van der Waals surface area contributed by atoms with Crippen molar-refractivity contribution in [2.45, 2.75) is 18.9 Å². The standard InChI is InChI=1S/C18H20N4O2/c23-17-15(21-18(24)20-14-4-2-1-3-5-14)6-7-16-13-8-12(9-19-10-13)11-22(16)17/h1-7,12-13,19H,8-11H2,(H2,20,21,24)/t12-,13-/m1/s1. The van der Waals surface area contributed by atoms with Gasteiger partial charge < -0.3 is 20.5 Å². The first-order chi connectivity index (χ1) is 11.7. The molecule has 6 nitrogen and oxygen atoms in total. The number of hydrogen-bond acceptors (Lipinski definition) is 3. The Labute approximate surface area is 139 Å². The van der Waals surface area contributed by atoms with E-state index in [-0.39, 0.29) is 5.56 Å². The molecule has 1 aromatic carbocycles. The van der Waals surface area contributed by atoms with Gasteiger partial charge in [0.15, 0.2) is 0 Å². The third-order valence-electron chi connectivity index (χ3n) is 4.79. The zero-order valence-corrected chi connectivity index (χ0v) is 13.3. The Morgan fingerprint density at radius 2 is 1.92 bits per heavy atom. The number of aromatic nitrogens is 1. The lowest BCUT2D eigenvalue weighted by atomic mass is 9.84. The number of nitrogens with one attached hydrogen (secondary N) is 3. The SMILES string of the molecule is O=C(Nc1ccccc1)Nc1ccc2n(c1=O)C[C@H]1CNC[C@H]2C1. The highest BCUT2D eigenvalue weighted by Crippen LogP contribution is 2.32. The molecule has 2 bridgehead atoms. The third kappa shape index (κ3) is 2.80. The number of para-hydroxylation sites is 1. The lowest BCUT2D eigenvalue weighted by Gasteiger charge is -2.37. The number of piperidine rings is 1. The number of fused-ring (bicyclic) bond motifs is 4. The fraction of sp³-hybridized carbons (Fsp3) is 0.333. The number of amides is 2. The van der Waals surface area contributed by atoms with Gasteiger partial charge in [0.2, 0.25) is 0 Å². The van der Waals surface area contributed by atoms with Gasteiger partial charge in [0.25, 0.3) is 5.56 Å². The Bertz CT molecular complexity index is 816. The summed E-state index contributed by atoms with van der Waals surface area (Å²) >= 11 is 0. The van der Waals surface area contributed by atoms with E-state index < -0.39 is 6.03 Å². The Hall–Kier alpha value is -2.60. The number of nitrogens with zero attached hydrogens (tertiary/aromatic N) is 1. The molecule has 2 aliphatic rings. The van der Waals surface area contributed by atoms with Crippen molar-refractivity contribution in [2.24, 2.45) is 5.92 Å². The fourth-order valence-corrected chi connectivity index (χ4v) is 3.69. The maximum absolute atomic E-state index is 12.7. The third-order valence-corrected chi connectivity index (χ3v) is 4.79. The summed E-state index contributed by atoms with van der Waals surface area (Å²) in [5, 5.41) is 8.83. The number of urea groups is 1. The smallest absolute Gasteiger partial charge is 0.316 e. The number of benzene rings is 1. The summed E-state index contributed by atoms with van der Waals surface area (Å²) in [6.45, 7) is 2.58. The molecule has 1 fully saturated rings. The molecule has 1 aromatic heterocycles. The summed E-state index contributed by atoms with van der Waals surface area (Å²) in [7, 11) is 0. The summed E-state index contributed by atoms with van der Waals surface area (Å²) in [5.74, 6) is 0.875. The Morgan fingerprint density at radius 1 is 1.08 bits per heavy atom. The normalized spacial score (nSPS) is 21.7. The highest BCUT2D eigenvalue weighted by atomic mass is 16.2. The van der Waals surface area contributed by atoms with Crippen molar-refractivity contribution in [1.82, 2.24) is 9.88 Å². The molecule has 0 aliphatic carbocycles. The van der Waals surface area contributed by atoms with Crippen molar-refractivity contribution in [3.8, 4) is 0 Å². The number of hydrogen-bond donors (Lipinski definition) is 3. The van der Waals surface area contributed by atoms with Gasteiger partial charge in [-0.3, -0.25) is 4.79 Å². The molecule has 4 rings (SSSR count). The van der Waals surface area contributed by atoms with E-state index in [1.165, 1.54) is 0 Å². The average Bonchev–Trinajstić information content (AvgIpc) is 2.59.